The third-order valence-corrected chi connectivity index (χ3v) is 4.83. The Morgan fingerprint density at radius 1 is 1.27 bits per heavy atom. The Morgan fingerprint density at radius 2 is 2.08 bits per heavy atom. The van der Waals surface area contributed by atoms with E-state index in [0.29, 0.717) is 10.9 Å². The molecule has 7 nitrogen and oxygen atoms in total. The van der Waals surface area contributed by atoms with Crippen LogP contribution in [0.15, 0.2) is 35.4 Å². The highest BCUT2D eigenvalue weighted by Gasteiger charge is 2.22. The van der Waals surface area contributed by atoms with E-state index in [4.69, 9.17) is 0 Å². The van der Waals surface area contributed by atoms with Crippen molar-refractivity contribution in [2.24, 2.45) is 0 Å². The number of aromatic nitrogens is 2. The van der Waals surface area contributed by atoms with Crippen molar-refractivity contribution in [2.45, 2.75) is 45.2 Å². The van der Waals surface area contributed by atoms with E-state index >= 15 is 0 Å². The molecule has 1 N–H and O–H groups in total. The maximum Gasteiger partial charge on any atom is 0.261 e. The molecule has 26 heavy (non-hydrogen) atoms. The predicted octanol–water partition coefficient (Wildman–Crippen LogP) is 1.30. The number of para-hydroxylation sites is 1. The number of nitrogens with one attached hydrogen (secondary N) is 1. The van der Waals surface area contributed by atoms with Gasteiger partial charge in [-0.3, -0.25) is 19.0 Å². The second kappa shape index (κ2) is 8.12. The second-order valence-electron chi connectivity index (χ2n) is 6.73. The molecule has 3 rings (SSSR count). The van der Waals surface area contributed by atoms with Crippen LogP contribution in [0.4, 0.5) is 0 Å². The topological polar surface area (TPSA) is 84.3 Å². The van der Waals surface area contributed by atoms with Gasteiger partial charge in [-0.2, -0.15) is 0 Å². The summed E-state index contributed by atoms with van der Waals surface area (Å²) in [7, 11) is 0. The van der Waals surface area contributed by atoms with Gasteiger partial charge >= 0.3 is 0 Å². The van der Waals surface area contributed by atoms with E-state index < -0.39 is 0 Å². The van der Waals surface area contributed by atoms with Crippen LogP contribution in [0.1, 0.15) is 32.6 Å². The van der Waals surface area contributed by atoms with Crippen molar-refractivity contribution >= 4 is 22.7 Å². The van der Waals surface area contributed by atoms with Gasteiger partial charge in [-0.05, 0) is 38.3 Å². The van der Waals surface area contributed by atoms with Crippen molar-refractivity contribution in [1.82, 2.24) is 19.8 Å². The minimum Gasteiger partial charge on any atom is -0.354 e. The first kappa shape index (κ1) is 18.1. The van der Waals surface area contributed by atoms with Crippen molar-refractivity contribution < 1.29 is 9.59 Å². The summed E-state index contributed by atoms with van der Waals surface area (Å²) in [5.41, 5.74) is 0.361. The number of benzene rings is 1. The number of likely N-dealkylation sites (tertiary alicyclic amines) is 1. The fourth-order valence-corrected chi connectivity index (χ4v) is 3.35. The van der Waals surface area contributed by atoms with E-state index in [1.165, 1.54) is 10.9 Å². The number of hydrogen-bond acceptors (Lipinski definition) is 4. The first-order valence-electron chi connectivity index (χ1n) is 9.06. The quantitative estimate of drug-likeness (QED) is 0.875. The minimum absolute atomic E-state index is 0.0713. The molecule has 1 aromatic heterocycles. The Hall–Kier alpha value is -2.70. The third kappa shape index (κ3) is 4.09. The molecule has 0 spiro atoms. The van der Waals surface area contributed by atoms with Gasteiger partial charge in [-0.1, -0.05) is 12.1 Å². The maximum absolute atomic E-state index is 12.4. The fourth-order valence-electron chi connectivity index (χ4n) is 3.35. The smallest absolute Gasteiger partial charge is 0.261 e. The maximum atomic E-state index is 12.4. The van der Waals surface area contributed by atoms with Gasteiger partial charge in [0, 0.05) is 25.6 Å². The summed E-state index contributed by atoms with van der Waals surface area (Å²) in [6.07, 6.45) is 4.90. The lowest BCUT2D eigenvalue weighted by molar-refractivity contribution is -0.134. The average Bonchev–Trinajstić information content (AvgIpc) is 2.64. The van der Waals surface area contributed by atoms with Crippen molar-refractivity contribution in [3.8, 4) is 0 Å². The average molecular weight is 356 g/mol. The van der Waals surface area contributed by atoms with Crippen LogP contribution in [0.25, 0.3) is 10.9 Å². The van der Waals surface area contributed by atoms with Crippen LogP contribution >= 0.6 is 0 Å². The molecule has 0 unspecified atom stereocenters. The van der Waals surface area contributed by atoms with Crippen LogP contribution in [-0.2, 0) is 16.1 Å². The highest BCUT2D eigenvalue weighted by atomic mass is 16.2. The van der Waals surface area contributed by atoms with Crippen molar-refractivity contribution in [3.05, 3.63) is 40.9 Å². The molecule has 1 saturated heterocycles. The number of amides is 2. The molecule has 1 fully saturated rings. The van der Waals surface area contributed by atoms with Gasteiger partial charge in [0.05, 0.1) is 17.2 Å². The number of carbonyl (C=O) groups is 2. The molecule has 1 aromatic carbocycles. The van der Waals surface area contributed by atoms with Crippen LogP contribution in [0, 0.1) is 0 Å². The summed E-state index contributed by atoms with van der Waals surface area (Å²) in [4.78, 5) is 42.8. The van der Waals surface area contributed by atoms with Gasteiger partial charge in [0.2, 0.25) is 11.8 Å². The molecule has 1 aliphatic heterocycles. The zero-order valence-electron chi connectivity index (χ0n) is 15.0. The molecule has 0 bridgehead atoms. The van der Waals surface area contributed by atoms with Crippen LogP contribution in [-0.4, -0.2) is 45.4 Å². The standard InChI is InChI=1S/C19H24N4O3/c1-14-6-4-5-11-23(14)18(25)9-10-20-17(24)12-22-13-21-16-8-3-2-7-15(16)19(22)26/h2-3,7-8,13-14H,4-6,9-12H2,1H3,(H,20,24)/t14-/m0/s1. The Labute approximate surface area is 152 Å². The van der Waals surface area contributed by atoms with Gasteiger partial charge in [0.1, 0.15) is 6.54 Å². The Bertz CT molecular complexity index is 861. The van der Waals surface area contributed by atoms with E-state index in [2.05, 4.69) is 17.2 Å². The summed E-state index contributed by atoms with van der Waals surface area (Å²) in [5.74, 6) is -0.231. The Kier molecular flexibility index (Phi) is 5.65. The summed E-state index contributed by atoms with van der Waals surface area (Å²) in [6.45, 7) is 3.03. The zero-order valence-corrected chi connectivity index (χ0v) is 15.0. The summed E-state index contributed by atoms with van der Waals surface area (Å²) in [5, 5.41) is 3.20. The van der Waals surface area contributed by atoms with E-state index in [9.17, 15) is 14.4 Å². The normalized spacial score (nSPS) is 17.3. The van der Waals surface area contributed by atoms with E-state index in [1.54, 1.807) is 18.2 Å². The van der Waals surface area contributed by atoms with Gasteiger partial charge in [-0.25, -0.2) is 4.98 Å². The predicted molar refractivity (Wildman–Crippen MR) is 98.7 cm³/mol. The van der Waals surface area contributed by atoms with E-state index in [0.717, 1.165) is 25.8 Å². The molecule has 0 saturated carbocycles. The molecule has 138 valence electrons. The number of hydrogen-bond donors (Lipinski definition) is 1. The van der Waals surface area contributed by atoms with Crippen molar-refractivity contribution in [1.29, 1.82) is 0 Å². The molecule has 2 heterocycles. The fraction of sp³-hybridized carbons (Fsp3) is 0.474. The molecule has 0 radical (unpaired) electrons. The number of fused-ring (bicyclic) bond motifs is 1. The summed E-state index contributed by atoms with van der Waals surface area (Å²) >= 11 is 0. The van der Waals surface area contributed by atoms with Gasteiger partial charge in [0.15, 0.2) is 0 Å². The molecular formula is C19H24N4O3. The lowest BCUT2D eigenvalue weighted by Crippen LogP contribution is -2.43. The second-order valence-corrected chi connectivity index (χ2v) is 6.73. The molecule has 7 heteroatoms. The molecule has 1 atom stereocenters. The van der Waals surface area contributed by atoms with Crippen LogP contribution in [0.3, 0.4) is 0 Å². The summed E-state index contributed by atoms with van der Waals surface area (Å²) < 4.78 is 1.28. The lowest BCUT2D eigenvalue weighted by Gasteiger charge is -2.33. The first-order chi connectivity index (χ1) is 12.6. The van der Waals surface area contributed by atoms with Crippen molar-refractivity contribution in [3.63, 3.8) is 0 Å². The molecular weight excluding hydrogens is 332 g/mol. The van der Waals surface area contributed by atoms with Crippen LogP contribution in [0.2, 0.25) is 0 Å². The monoisotopic (exact) mass is 356 g/mol. The van der Waals surface area contributed by atoms with Crippen LogP contribution in [0.5, 0.6) is 0 Å². The number of piperidine rings is 1. The largest absolute Gasteiger partial charge is 0.354 e. The lowest BCUT2D eigenvalue weighted by atomic mass is 10.0. The van der Waals surface area contributed by atoms with Gasteiger partial charge in [0.25, 0.3) is 5.56 Å². The Morgan fingerprint density at radius 3 is 2.88 bits per heavy atom. The van der Waals surface area contributed by atoms with Gasteiger partial charge in [-0.15, -0.1) is 0 Å². The van der Waals surface area contributed by atoms with Crippen molar-refractivity contribution in [2.75, 3.05) is 13.1 Å². The molecule has 1 aliphatic rings. The van der Waals surface area contributed by atoms with Crippen LogP contribution < -0.4 is 10.9 Å². The molecule has 2 aromatic rings. The molecule has 2 amide bonds. The van der Waals surface area contributed by atoms with E-state index in [1.807, 2.05) is 11.0 Å². The molecule has 0 aliphatic carbocycles. The Balaban J connectivity index is 1.52. The SMILES string of the molecule is C[C@H]1CCCCN1C(=O)CCNC(=O)Cn1cnc2ccccc2c1=O. The minimum atomic E-state index is -0.302. The number of carbonyl (C=O) groups excluding carboxylic acids is 2. The first-order valence-corrected chi connectivity index (χ1v) is 9.06. The highest BCUT2D eigenvalue weighted by molar-refractivity contribution is 5.80. The van der Waals surface area contributed by atoms with E-state index in [-0.39, 0.29) is 42.9 Å². The third-order valence-electron chi connectivity index (χ3n) is 4.83. The number of nitrogens with zero attached hydrogens (tertiary/aromatic N) is 3. The number of rotatable bonds is 5. The van der Waals surface area contributed by atoms with Gasteiger partial charge < -0.3 is 10.2 Å². The zero-order chi connectivity index (χ0) is 18.5. The highest BCUT2D eigenvalue weighted by Crippen LogP contribution is 2.16. The summed E-state index contributed by atoms with van der Waals surface area (Å²) in [6, 6.07) is 7.30.